The maximum Gasteiger partial charge on any atom is 0.220 e. The summed E-state index contributed by atoms with van der Waals surface area (Å²) in [5.41, 5.74) is 2.85. The molecule has 0 aliphatic carbocycles. The lowest BCUT2D eigenvalue weighted by atomic mass is 10.1. The summed E-state index contributed by atoms with van der Waals surface area (Å²) in [5, 5.41) is 6.73. The van der Waals surface area contributed by atoms with Gasteiger partial charge in [-0.3, -0.25) is 4.79 Å². The lowest BCUT2D eigenvalue weighted by molar-refractivity contribution is -0.121. The molecule has 0 saturated carbocycles. The minimum absolute atomic E-state index is 0.00267. The van der Waals surface area contributed by atoms with Crippen LogP contribution in [0.2, 0.25) is 0 Å². The summed E-state index contributed by atoms with van der Waals surface area (Å²) in [4.78, 5) is 11.8. The van der Waals surface area contributed by atoms with Crippen LogP contribution < -0.4 is 5.32 Å². The molecule has 21 heavy (non-hydrogen) atoms. The Morgan fingerprint density at radius 1 is 1.24 bits per heavy atom. The summed E-state index contributed by atoms with van der Waals surface area (Å²) in [6.07, 6.45) is 1.73. The van der Waals surface area contributed by atoms with Crippen molar-refractivity contribution < 1.29 is 13.7 Å². The number of hydrogen-bond acceptors (Lipinski definition) is 3. The zero-order chi connectivity index (χ0) is 15.2. The highest BCUT2D eigenvalue weighted by molar-refractivity contribution is 5.76. The highest BCUT2D eigenvalue weighted by atomic mass is 19.1. The van der Waals surface area contributed by atoms with E-state index >= 15 is 0 Å². The van der Waals surface area contributed by atoms with Crippen molar-refractivity contribution in [2.45, 2.75) is 33.1 Å². The zero-order valence-electron chi connectivity index (χ0n) is 12.3. The van der Waals surface area contributed by atoms with Crippen molar-refractivity contribution in [1.29, 1.82) is 0 Å². The molecular formula is C16H19FN2O2. The summed E-state index contributed by atoms with van der Waals surface area (Å²) in [6, 6.07) is 6.31. The minimum Gasteiger partial charge on any atom is -0.361 e. The van der Waals surface area contributed by atoms with Crippen LogP contribution in [0.1, 0.15) is 29.0 Å². The topological polar surface area (TPSA) is 55.1 Å². The van der Waals surface area contributed by atoms with Crippen molar-refractivity contribution in [3.63, 3.8) is 0 Å². The van der Waals surface area contributed by atoms with Crippen LogP contribution in [0.4, 0.5) is 4.39 Å². The number of amides is 1. The highest BCUT2D eigenvalue weighted by Gasteiger charge is 2.10. The molecule has 0 bridgehead atoms. The number of nitrogens with one attached hydrogen (secondary N) is 1. The molecule has 0 unspecified atom stereocenters. The Balaban J connectivity index is 1.71. The van der Waals surface area contributed by atoms with E-state index in [9.17, 15) is 9.18 Å². The van der Waals surface area contributed by atoms with Gasteiger partial charge in [0.15, 0.2) is 0 Å². The van der Waals surface area contributed by atoms with Crippen LogP contribution in [0.5, 0.6) is 0 Å². The van der Waals surface area contributed by atoms with E-state index in [4.69, 9.17) is 4.52 Å². The van der Waals surface area contributed by atoms with Crippen LogP contribution in [0.15, 0.2) is 28.8 Å². The maximum absolute atomic E-state index is 12.8. The maximum atomic E-state index is 12.8. The SMILES string of the molecule is Cc1noc(C)c1CCC(=O)NCCc1ccc(F)cc1. The molecule has 0 atom stereocenters. The van der Waals surface area contributed by atoms with Crippen LogP contribution in [0.3, 0.4) is 0 Å². The molecule has 2 aromatic rings. The number of nitrogens with zero attached hydrogens (tertiary/aromatic N) is 1. The van der Waals surface area contributed by atoms with E-state index in [2.05, 4.69) is 10.5 Å². The molecule has 1 aromatic carbocycles. The molecule has 1 N–H and O–H groups in total. The third-order valence-electron chi connectivity index (χ3n) is 3.43. The van der Waals surface area contributed by atoms with Gasteiger partial charge < -0.3 is 9.84 Å². The second kappa shape index (κ2) is 7.02. The molecule has 2 rings (SSSR count). The largest absolute Gasteiger partial charge is 0.361 e. The molecule has 1 aromatic heterocycles. The number of carbonyl (C=O) groups is 1. The van der Waals surface area contributed by atoms with Crippen LogP contribution in [0.25, 0.3) is 0 Å². The van der Waals surface area contributed by atoms with Gasteiger partial charge in [0.25, 0.3) is 0 Å². The number of carbonyl (C=O) groups excluding carboxylic acids is 1. The number of halogens is 1. The van der Waals surface area contributed by atoms with E-state index in [0.29, 0.717) is 25.8 Å². The summed E-state index contributed by atoms with van der Waals surface area (Å²) in [7, 11) is 0. The summed E-state index contributed by atoms with van der Waals surface area (Å²) >= 11 is 0. The molecule has 112 valence electrons. The summed E-state index contributed by atoms with van der Waals surface area (Å²) in [5.74, 6) is 0.519. The standard InChI is InChI=1S/C16H19FN2O2/c1-11-15(12(2)21-19-11)7-8-16(20)18-10-9-13-3-5-14(17)6-4-13/h3-6H,7-10H2,1-2H3,(H,18,20). The van der Waals surface area contributed by atoms with Crippen LogP contribution >= 0.6 is 0 Å². The predicted molar refractivity (Wildman–Crippen MR) is 77.4 cm³/mol. The second-order valence-electron chi connectivity index (χ2n) is 5.03. The van der Waals surface area contributed by atoms with E-state index in [1.54, 1.807) is 12.1 Å². The van der Waals surface area contributed by atoms with Gasteiger partial charge in [-0.05, 0) is 44.4 Å². The number of hydrogen-bond donors (Lipinski definition) is 1. The van der Waals surface area contributed by atoms with E-state index in [0.717, 1.165) is 22.6 Å². The van der Waals surface area contributed by atoms with Gasteiger partial charge in [-0.1, -0.05) is 17.3 Å². The molecule has 0 spiro atoms. The normalized spacial score (nSPS) is 10.6. The molecular weight excluding hydrogens is 271 g/mol. The van der Waals surface area contributed by atoms with Gasteiger partial charge >= 0.3 is 0 Å². The minimum atomic E-state index is -0.248. The fourth-order valence-corrected chi connectivity index (χ4v) is 2.18. The molecule has 5 heteroatoms. The third-order valence-corrected chi connectivity index (χ3v) is 3.43. The van der Waals surface area contributed by atoms with E-state index in [1.807, 2.05) is 13.8 Å². The average molecular weight is 290 g/mol. The number of aromatic nitrogens is 1. The van der Waals surface area contributed by atoms with Crippen molar-refractivity contribution in [3.8, 4) is 0 Å². The Bertz CT molecular complexity index is 586. The first-order valence-electron chi connectivity index (χ1n) is 6.99. The first-order chi connectivity index (χ1) is 10.1. The number of rotatable bonds is 6. The van der Waals surface area contributed by atoms with Gasteiger partial charge in [0, 0.05) is 18.5 Å². The fraction of sp³-hybridized carbons (Fsp3) is 0.375. The van der Waals surface area contributed by atoms with Gasteiger partial charge in [-0.25, -0.2) is 4.39 Å². The molecule has 0 fully saturated rings. The van der Waals surface area contributed by atoms with Crippen molar-refractivity contribution in [1.82, 2.24) is 10.5 Å². The Labute approximate surface area is 123 Å². The Morgan fingerprint density at radius 2 is 1.95 bits per heavy atom. The first kappa shape index (κ1) is 15.2. The lowest BCUT2D eigenvalue weighted by Crippen LogP contribution is -2.25. The summed E-state index contributed by atoms with van der Waals surface area (Å²) < 4.78 is 17.8. The predicted octanol–water partition coefficient (Wildman–Crippen LogP) is 2.72. The lowest BCUT2D eigenvalue weighted by Gasteiger charge is -2.05. The summed E-state index contributed by atoms with van der Waals surface area (Å²) in [6.45, 7) is 4.27. The molecule has 1 heterocycles. The van der Waals surface area contributed by atoms with Crippen LogP contribution in [-0.4, -0.2) is 17.6 Å². The zero-order valence-corrected chi connectivity index (χ0v) is 12.3. The smallest absolute Gasteiger partial charge is 0.220 e. The van der Waals surface area contributed by atoms with E-state index in [1.165, 1.54) is 12.1 Å². The molecule has 0 aliphatic rings. The first-order valence-corrected chi connectivity index (χ1v) is 6.99. The van der Waals surface area contributed by atoms with Crippen molar-refractivity contribution in [2.75, 3.05) is 6.54 Å². The molecule has 0 saturated heterocycles. The Morgan fingerprint density at radius 3 is 2.57 bits per heavy atom. The fourth-order valence-electron chi connectivity index (χ4n) is 2.18. The van der Waals surface area contributed by atoms with Crippen molar-refractivity contribution in [3.05, 3.63) is 52.7 Å². The number of benzene rings is 1. The average Bonchev–Trinajstić information content (AvgIpc) is 2.78. The third kappa shape index (κ3) is 4.41. The van der Waals surface area contributed by atoms with Gasteiger partial charge in [0.05, 0.1) is 5.69 Å². The van der Waals surface area contributed by atoms with Gasteiger partial charge in [0.2, 0.25) is 5.91 Å². The van der Waals surface area contributed by atoms with E-state index < -0.39 is 0 Å². The van der Waals surface area contributed by atoms with Crippen LogP contribution in [0, 0.1) is 19.7 Å². The van der Waals surface area contributed by atoms with E-state index in [-0.39, 0.29) is 11.7 Å². The molecule has 1 amide bonds. The van der Waals surface area contributed by atoms with Gasteiger partial charge in [0.1, 0.15) is 11.6 Å². The molecule has 4 nitrogen and oxygen atoms in total. The molecule has 0 radical (unpaired) electrons. The van der Waals surface area contributed by atoms with Gasteiger partial charge in [-0.2, -0.15) is 0 Å². The van der Waals surface area contributed by atoms with Crippen LogP contribution in [-0.2, 0) is 17.6 Å². The Hall–Kier alpha value is -2.17. The Kier molecular flexibility index (Phi) is 5.09. The monoisotopic (exact) mass is 290 g/mol. The second-order valence-corrected chi connectivity index (χ2v) is 5.03. The van der Waals surface area contributed by atoms with Crippen molar-refractivity contribution in [2.24, 2.45) is 0 Å². The van der Waals surface area contributed by atoms with Crippen molar-refractivity contribution >= 4 is 5.91 Å². The quantitative estimate of drug-likeness (QED) is 0.890. The van der Waals surface area contributed by atoms with Gasteiger partial charge in [-0.15, -0.1) is 0 Å². The number of aryl methyl sites for hydroxylation is 2. The molecule has 0 aliphatic heterocycles. The highest BCUT2D eigenvalue weighted by Crippen LogP contribution is 2.14.